The first kappa shape index (κ1) is 22.5. The molecular formula is C24H23F3N6S. The molecule has 0 N–H and O–H groups in total. The first-order valence-corrected chi connectivity index (χ1v) is 11.9. The van der Waals surface area contributed by atoms with Gasteiger partial charge in [0.1, 0.15) is 6.04 Å². The summed E-state index contributed by atoms with van der Waals surface area (Å²) in [6.07, 6.45) is -4.35. The molecule has 176 valence electrons. The molecule has 0 aliphatic carbocycles. The molecule has 2 aromatic heterocycles. The molecule has 34 heavy (non-hydrogen) atoms. The van der Waals surface area contributed by atoms with Crippen molar-refractivity contribution in [1.82, 2.24) is 25.1 Å². The highest BCUT2D eigenvalue weighted by molar-refractivity contribution is 7.10. The van der Waals surface area contributed by atoms with Gasteiger partial charge >= 0.3 is 6.18 Å². The molecule has 5 rings (SSSR count). The lowest BCUT2D eigenvalue weighted by molar-refractivity contribution is -0.137. The van der Waals surface area contributed by atoms with E-state index in [4.69, 9.17) is 0 Å². The molecule has 0 amide bonds. The SMILES string of the molecule is FC(F)(F)c1cccc(N2CCN(C(c3cccs3)c3nnnn3Cc3ccccc3)CC2)c1. The zero-order valence-corrected chi connectivity index (χ0v) is 19.1. The lowest BCUT2D eigenvalue weighted by Crippen LogP contribution is -2.48. The van der Waals surface area contributed by atoms with E-state index in [2.05, 4.69) is 26.5 Å². The number of benzene rings is 2. The number of hydrogen-bond donors (Lipinski definition) is 0. The largest absolute Gasteiger partial charge is 0.416 e. The lowest BCUT2D eigenvalue weighted by Gasteiger charge is -2.39. The number of aromatic nitrogens is 4. The number of thiophene rings is 1. The summed E-state index contributed by atoms with van der Waals surface area (Å²) in [6, 6.07) is 19.5. The zero-order valence-electron chi connectivity index (χ0n) is 18.3. The molecule has 3 heterocycles. The van der Waals surface area contributed by atoms with Crippen molar-refractivity contribution in [3.8, 4) is 0 Å². The van der Waals surface area contributed by atoms with Crippen LogP contribution in [0.3, 0.4) is 0 Å². The van der Waals surface area contributed by atoms with Gasteiger partial charge in [0.25, 0.3) is 0 Å². The van der Waals surface area contributed by atoms with Gasteiger partial charge < -0.3 is 4.90 Å². The van der Waals surface area contributed by atoms with E-state index in [0.717, 1.165) is 22.3 Å². The van der Waals surface area contributed by atoms with Crippen molar-refractivity contribution < 1.29 is 13.2 Å². The minimum atomic E-state index is -4.35. The van der Waals surface area contributed by atoms with Crippen LogP contribution in [0.15, 0.2) is 72.1 Å². The first-order valence-electron chi connectivity index (χ1n) is 11.0. The number of hydrogen-bond acceptors (Lipinski definition) is 6. The molecule has 6 nitrogen and oxygen atoms in total. The van der Waals surface area contributed by atoms with Crippen LogP contribution in [-0.4, -0.2) is 51.3 Å². The number of piperazine rings is 1. The average molecular weight is 485 g/mol. The van der Waals surface area contributed by atoms with E-state index in [9.17, 15) is 13.2 Å². The van der Waals surface area contributed by atoms with Crippen LogP contribution in [0.1, 0.15) is 27.9 Å². The van der Waals surface area contributed by atoms with Crippen LogP contribution in [0, 0.1) is 0 Å². The molecule has 0 radical (unpaired) electrons. The fourth-order valence-corrected chi connectivity index (χ4v) is 5.17. The number of halogens is 3. The fraction of sp³-hybridized carbons (Fsp3) is 0.292. The minimum Gasteiger partial charge on any atom is -0.369 e. The Labute approximate surface area is 199 Å². The maximum absolute atomic E-state index is 13.2. The van der Waals surface area contributed by atoms with E-state index in [-0.39, 0.29) is 6.04 Å². The summed E-state index contributed by atoms with van der Waals surface area (Å²) in [5, 5.41) is 14.6. The Morgan fingerprint density at radius 3 is 2.41 bits per heavy atom. The topological polar surface area (TPSA) is 50.1 Å². The summed E-state index contributed by atoms with van der Waals surface area (Å²) in [5.74, 6) is 0.763. The van der Waals surface area contributed by atoms with Crippen LogP contribution in [0.4, 0.5) is 18.9 Å². The predicted octanol–water partition coefficient (Wildman–Crippen LogP) is 4.71. The molecule has 0 saturated carbocycles. The van der Waals surface area contributed by atoms with Crippen molar-refractivity contribution in [1.29, 1.82) is 0 Å². The van der Waals surface area contributed by atoms with Gasteiger partial charge in [0, 0.05) is 36.7 Å². The monoisotopic (exact) mass is 484 g/mol. The van der Waals surface area contributed by atoms with Crippen molar-refractivity contribution in [3.05, 3.63) is 93.9 Å². The molecule has 1 fully saturated rings. The van der Waals surface area contributed by atoms with E-state index in [1.54, 1.807) is 17.4 Å². The molecule has 0 bridgehead atoms. The van der Waals surface area contributed by atoms with Crippen LogP contribution >= 0.6 is 11.3 Å². The maximum atomic E-state index is 13.2. The third-order valence-corrected chi connectivity index (χ3v) is 6.93. The summed E-state index contributed by atoms with van der Waals surface area (Å²) >= 11 is 1.65. The van der Waals surface area contributed by atoms with E-state index in [1.807, 2.05) is 51.4 Å². The van der Waals surface area contributed by atoms with Crippen molar-refractivity contribution in [2.45, 2.75) is 18.8 Å². The molecule has 4 aromatic rings. The van der Waals surface area contributed by atoms with Crippen molar-refractivity contribution in [2.75, 3.05) is 31.1 Å². The van der Waals surface area contributed by atoms with Gasteiger partial charge in [0.15, 0.2) is 5.82 Å². The van der Waals surface area contributed by atoms with E-state index in [1.165, 1.54) is 12.1 Å². The molecular weight excluding hydrogens is 461 g/mol. The highest BCUT2D eigenvalue weighted by Gasteiger charge is 2.33. The Morgan fingerprint density at radius 1 is 0.912 bits per heavy atom. The number of alkyl halides is 3. The average Bonchev–Trinajstić information content (AvgIpc) is 3.53. The zero-order chi connectivity index (χ0) is 23.5. The molecule has 0 spiro atoms. The molecule has 1 saturated heterocycles. The number of nitrogens with zero attached hydrogens (tertiary/aromatic N) is 6. The van der Waals surface area contributed by atoms with Gasteiger partial charge in [-0.05, 0) is 45.6 Å². The highest BCUT2D eigenvalue weighted by atomic mass is 32.1. The molecule has 1 unspecified atom stereocenters. The third-order valence-electron chi connectivity index (χ3n) is 6.01. The number of rotatable bonds is 6. The Kier molecular flexibility index (Phi) is 6.34. The van der Waals surface area contributed by atoms with Crippen molar-refractivity contribution in [3.63, 3.8) is 0 Å². The van der Waals surface area contributed by atoms with Gasteiger partial charge in [-0.2, -0.15) is 13.2 Å². The maximum Gasteiger partial charge on any atom is 0.416 e. The van der Waals surface area contributed by atoms with Gasteiger partial charge in [-0.25, -0.2) is 4.68 Å². The van der Waals surface area contributed by atoms with Gasteiger partial charge in [0.2, 0.25) is 0 Å². The molecule has 2 aromatic carbocycles. The minimum absolute atomic E-state index is 0.123. The third kappa shape index (κ3) is 4.83. The van der Waals surface area contributed by atoms with Crippen LogP contribution in [-0.2, 0) is 12.7 Å². The van der Waals surface area contributed by atoms with E-state index >= 15 is 0 Å². The second-order valence-corrected chi connectivity index (χ2v) is 9.15. The summed E-state index contributed by atoms with van der Waals surface area (Å²) in [6.45, 7) is 3.15. The van der Waals surface area contributed by atoms with Gasteiger partial charge in [0.05, 0.1) is 12.1 Å². The van der Waals surface area contributed by atoms with Crippen LogP contribution in [0.2, 0.25) is 0 Å². The summed E-state index contributed by atoms with van der Waals surface area (Å²) < 4.78 is 41.3. The van der Waals surface area contributed by atoms with Crippen LogP contribution in [0.25, 0.3) is 0 Å². The lowest BCUT2D eigenvalue weighted by atomic mass is 10.1. The second-order valence-electron chi connectivity index (χ2n) is 8.17. The molecule has 1 aliphatic rings. The molecule has 10 heteroatoms. The van der Waals surface area contributed by atoms with Gasteiger partial charge in [-0.3, -0.25) is 4.90 Å². The number of tetrazole rings is 1. The van der Waals surface area contributed by atoms with Gasteiger partial charge in [-0.1, -0.05) is 42.5 Å². The quantitative estimate of drug-likeness (QED) is 0.397. The van der Waals surface area contributed by atoms with Gasteiger partial charge in [-0.15, -0.1) is 16.4 Å². The smallest absolute Gasteiger partial charge is 0.369 e. The molecule has 1 aliphatic heterocycles. The molecule has 1 atom stereocenters. The van der Waals surface area contributed by atoms with E-state index in [0.29, 0.717) is 38.4 Å². The van der Waals surface area contributed by atoms with Crippen molar-refractivity contribution >= 4 is 17.0 Å². The Hall–Kier alpha value is -3.24. The Bertz CT molecular complexity index is 1200. The fourth-order valence-electron chi connectivity index (χ4n) is 4.31. The predicted molar refractivity (Wildman–Crippen MR) is 125 cm³/mol. The standard InChI is InChI=1S/C24H23F3N6S/c25-24(26,27)19-8-4-9-20(16-19)31-11-13-32(14-12-31)22(21-10-5-15-34-21)23-28-29-30-33(23)17-18-6-2-1-3-7-18/h1-10,15-16,22H,11-14,17H2. The van der Waals surface area contributed by atoms with Crippen LogP contribution < -0.4 is 4.90 Å². The summed E-state index contributed by atoms with van der Waals surface area (Å²) in [5.41, 5.74) is 1.08. The Morgan fingerprint density at radius 2 is 1.71 bits per heavy atom. The number of anilines is 1. The van der Waals surface area contributed by atoms with Crippen LogP contribution in [0.5, 0.6) is 0 Å². The first-order chi connectivity index (χ1) is 16.5. The summed E-state index contributed by atoms with van der Waals surface area (Å²) in [7, 11) is 0. The highest BCUT2D eigenvalue weighted by Crippen LogP contribution is 2.34. The second kappa shape index (κ2) is 9.55. The normalized spacial score (nSPS) is 16.0. The Balaban J connectivity index is 1.36. The van der Waals surface area contributed by atoms with Crippen molar-refractivity contribution in [2.24, 2.45) is 0 Å². The summed E-state index contributed by atoms with van der Waals surface area (Å²) in [4.78, 5) is 5.45. The van der Waals surface area contributed by atoms with E-state index < -0.39 is 11.7 Å².